The lowest BCUT2D eigenvalue weighted by molar-refractivity contribution is -0.141. The van der Waals surface area contributed by atoms with Gasteiger partial charge in [-0.2, -0.15) is 0 Å². The molecule has 1 fully saturated rings. The fourth-order valence-electron chi connectivity index (χ4n) is 2.66. The third kappa shape index (κ3) is 6.33. The maximum atomic E-state index is 12.1. The number of urea groups is 1. The zero-order chi connectivity index (χ0) is 15.8. The first-order chi connectivity index (χ1) is 9.93. The molecule has 0 bridgehead atoms. The van der Waals surface area contributed by atoms with E-state index in [1.165, 1.54) is 0 Å². The van der Waals surface area contributed by atoms with E-state index < -0.39 is 5.97 Å². The molecule has 6 heteroatoms. The molecule has 122 valence electrons. The van der Waals surface area contributed by atoms with Crippen LogP contribution in [0.4, 0.5) is 4.79 Å². The highest BCUT2D eigenvalue weighted by Gasteiger charge is 2.26. The summed E-state index contributed by atoms with van der Waals surface area (Å²) in [4.78, 5) is 24.6. The Hall–Kier alpha value is -1.30. The van der Waals surface area contributed by atoms with Crippen molar-refractivity contribution in [3.05, 3.63) is 0 Å². The summed E-state index contributed by atoms with van der Waals surface area (Å²) in [6.45, 7) is 5.30. The predicted octanol–water partition coefficient (Wildman–Crippen LogP) is 1.68. The van der Waals surface area contributed by atoms with Gasteiger partial charge in [0.15, 0.2) is 0 Å². The lowest BCUT2D eigenvalue weighted by Crippen LogP contribution is -2.42. The Kier molecular flexibility index (Phi) is 7.50. The fraction of sp³-hybridized carbons (Fsp3) is 0.867. The van der Waals surface area contributed by atoms with Crippen LogP contribution in [0.15, 0.2) is 0 Å². The summed E-state index contributed by atoms with van der Waals surface area (Å²) in [5.41, 5.74) is 0. The van der Waals surface area contributed by atoms with Gasteiger partial charge in [0, 0.05) is 25.7 Å². The Bertz CT molecular complexity index is 349. The van der Waals surface area contributed by atoms with E-state index >= 15 is 0 Å². The van der Waals surface area contributed by atoms with E-state index in [0.717, 1.165) is 38.8 Å². The van der Waals surface area contributed by atoms with Crippen LogP contribution in [0, 0.1) is 11.8 Å². The van der Waals surface area contributed by atoms with Crippen LogP contribution in [-0.2, 0) is 4.79 Å². The normalized spacial score (nSPS) is 21.1. The van der Waals surface area contributed by atoms with Gasteiger partial charge >= 0.3 is 12.0 Å². The van der Waals surface area contributed by atoms with Gasteiger partial charge in [-0.3, -0.25) is 4.79 Å². The van der Waals surface area contributed by atoms with Crippen molar-refractivity contribution >= 4 is 12.0 Å². The number of carboxylic acids is 1. The van der Waals surface area contributed by atoms with Crippen LogP contribution in [0.1, 0.15) is 46.0 Å². The van der Waals surface area contributed by atoms with E-state index in [9.17, 15) is 9.59 Å². The lowest BCUT2D eigenvalue weighted by Gasteiger charge is -2.21. The number of carboxylic acid groups (broad SMARTS) is 1. The van der Waals surface area contributed by atoms with Gasteiger partial charge in [0.2, 0.25) is 0 Å². The number of hydrogen-bond acceptors (Lipinski definition) is 3. The highest BCUT2D eigenvalue weighted by atomic mass is 16.4. The van der Waals surface area contributed by atoms with E-state index in [1.807, 2.05) is 6.92 Å². The summed E-state index contributed by atoms with van der Waals surface area (Å²) in [5.74, 6) is -0.683. The molecule has 1 aliphatic rings. The van der Waals surface area contributed by atoms with Gasteiger partial charge in [-0.05, 0) is 38.5 Å². The fourth-order valence-corrected chi connectivity index (χ4v) is 2.66. The molecule has 0 aromatic carbocycles. The van der Waals surface area contributed by atoms with Crippen molar-refractivity contribution in [2.45, 2.75) is 52.0 Å². The lowest BCUT2D eigenvalue weighted by atomic mass is 10.0. The van der Waals surface area contributed by atoms with Crippen LogP contribution < -0.4 is 5.32 Å². The van der Waals surface area contributed by atoms with Crippen LogP contribution in [0.5, 0.6) is 0 Å². The Morgan fingerprint density at radius 1 is 1.33 bits per heavy atom. The number of rotatable bonds is 8. The van der Waals surface area contributed by atoms with Gasteiger partial charge in [-0.15, -0.1) is 0 Å². The molecule has 0 radical (unpaired) electrons. The van der Waals surface area contributed by atoms with Crippen LogP contribution in [0.3, 0.4) is 0 Å². The number of nitrogens with one attached hydrogen (secondary N) is 1. The SMILES string of the molecule is CC(CCCC(C)C(=O)O)NC(=O)N1CCC(CCO)C1. The molecule has 0 aromatic heterocycles. The zero-order valence-electron chi connectivity index (χ0n) is 13.0. The third-order valence-corrected chi connectivity index (χ3v) is 4.18. The number of aliphatic hydroxyl groups excluding tert-OH is 1. The Balaban J connectivity index is 2.20. The van der Waals surface area contributed by atoms with E-state index in [1.54, 1.807) is 11.8 Å². The van der Waals surface area contributed by atoms with Gasteiger partial charge in [-0.25, -0.2) is 4.79 Å². The minimum atomic E-state index is -0.765. The summed E-state index contributed by atoms with van der Waals surface area (Å²) in [7, 11) is 0. The van der Waals surface area contributed by atoms with Crippen molar-refractivity contribution < 1.29 is 19.8 Å². The van der Waals surface area contributed by atoms with Gasteiger partial charge in [0.1, 0.15) is 0 Å². The number of carbonyl (C=O) groups is 2. The molecule has 3 N–H and O–H groups in total. The molecule has 0 saturated carbocycles. The van der Waals surface area contributed by atoms with Crippen molar-refractivity contribution in [2.75, 3.05) is 19.7 Å². The van der Waals surface area contributed by atoms with Crippen LogP contribution in [0.25, 0.3) is 0 Å². The molecule has 0 aromatic rings. The average Bonchev–Trinajstić information content (AvgIpc) is 2.87. The second-order valence-corrected chi connectivity index (χ2v) is 6.13. The van der Waals surface area contributed by atoms with Crippen LogP contribution >= 0.6 is 0 Å². The van der Waals surface area contributed by atoms with Crippen LogP contribution in [-0.4, -0.2) is 52.9 Å². The number of nitrogens with zero attached hydrogens (tertiary/aromatic N) is 1. The third-order valence-electron chi connectivity index (χ3n) is 4.18. The standard InChI is InChI=1S/C15H28N2O4/c1-11(14(19)20)4-3-5-12(2)16-15(21)17-8-6-13(10-17)7-9-18/h11-13,18H,3-10H2,1-2H3,(H,16,21)(H,19,20). The summed E-state index contributed by atoms with van der Waals surface area (Å²) in [5, 5.41) is 20.7. The zero-order valence-corrected chi connectivity index (χ0v) is 13.0. The van der Waals surface area contributed by atoms with Crippen molar-refractivity contribution in [3.8, 4) is 0 Å². The molecule has 1 heterocycles. The molecule has 6 nitrogen and oxygen atoms in total. The molecule has 21 heavy (non-hydrogen) atoms. The molecule has 0 aliphatic carbocycles. The first-order valence-corrected chi connectivity index (χ1v) is 7.83. The largest absolute Gasteiger partial charge is 0.481 e. The van der Waals surface area contributed by atoms with Gasteiger partial charge in [0.05, 0.1) is 5.92 Å². The number of aliphatic carboxylic acids is 1. The summed E-state index contributed by atoms with van der Waals surface area (Å²) in [6.07, 6.45) is 3.93. The topological polar surface area (TPSA) is 89.9 Å². The van der Waals surface area contributed by atoms with Crippen molar-refractivity contribution in [1.82, 2.24) is 10.2 Å². The highest BCUT2D eigenvalue weighted by Crippen LogP contribution is 2.19. The average molecular weight is 300 g/mol. The summed E-state index contributed by atoms with van der Waals surface area (Å²) in [6, 6.07) is 0.00427. The molecule has 3 atom stereocenters. The highest BCUT2D eigenvalue weighted by molar-refractivity contribution is 5.74. The number of likely N-dealkylation sites (tertiary alicyclic amines) is 1. The van der Waals surface area contributed by atoms with E-state index in [2.05, 4.69) is 5.32 Å². The summed E-state index contributed by atoms with van der Waals surface area (Å²) >= 11 is 0. The first-order valence-electron chi connectivity index (χ1n) is 7.83. The second kappa shape index (κ2) is 8.87. The van der Waals surface area contributed by atoms with Crippen LogP contribution in [0.2, 0.25) is 0 Å². The number of hydrogen-bond donors (Lipinski definition) is 3. The van der Waals surface area contributed by atoms with Crippen molar-refractivity contribution in [3.63, 3.8) is 0 Å². The molecule has 2 amide bonds. The Labute approximate surface area is 126 Å². The molecule has 1 rings (SSSR count). The Morgan fingerprint density at radius 2 is 2.05 bits per heavy atom. The number of amides is 2. The minimum Gasteiger partial charge on any atom is -0.481 e. The number of carbonyl (C=O) groups excluding carboxylic acids is 1. The molecule has 1 saturated heterocycles. The molecule has 3 unspecified atom stereocenters. The monoisotopic (exact) mass is 300 g/mol. The predicted molar refractivity (Wildman–Crippen MR) is 80.0 cm³/mol. The van der Waals surface area contributed by atoms with Gasteiger partial charge in [0.25, 0.3) is 0 Å². The smallest absolute Gasteiger partial charge is 0.317 e. The van der Waals surface area contributed by atoms with Gasteiger partial charge in [-0.1, -0.05) is 13.3 Å². The number of aliphatic hydroxyl groups is 1. The molecule has 1 aliphatic heterocycles. The molecular formula is C15H28N2O4. The second-order valence-electron chi connectivity index (χ2n) is 6.13. The maximum absolute atomic E-state index is 12.1. The quantitative estimate of drug-likeness (QED) is 0.636. The minimum absolute atomic E-state index is 0.0470. The van der Waals surface area contributed by atoms with E-state index in [0.29, 0.717) is 12.3 Å². The van der Waals surface area contributed by atoms with Crippen molar-refractivity contribution in [2.24, 2.45) is 11.8 Å². The van der Waals surface area contributed by atoms with E-state index in [4.69, 9.17) is 10.2 Å². The van der Waals surface area contributed by atoms with Crippen molar-refractivity contribution in [1.29, 1.82) is 0 Å². The first kappa shape index (κ1) is 17.8. The summed E-state index contributed by atoms with van der Waals surface area (Å²) < 4.78 is 0. The Morgan fingerprint density at radius 3 is 2.67 bits per heavy atom. The maximum Gasteiger partial charge on any atom is 0.317 e. The van der Waals surface area contributed by atoms with Gasteiger partial charge < -0.3 is 20.4 Å². The molecular weight excluding hydrogens is 272 g/mol. The van der Waals surface area contributed by atoms with E-state index in [-0.39, 0.29) is 24.6 Å². The molecule has 0 spiro atoms.